The predicted molar refractivity (Wildman–Crippen MR) is 104 cm³/mol. The highest BCUT2D eigenvalue weighted by atomic mass is 79.9. The molecule has 0 aliphatic carbocycles. The van der Waals surface area contributed by atoms with E-state index in [9.17, 15) is 27.9 Å². The van der Waals surface area contributed by atoms with E-state index in [1.807, 2.05) is 0 Å². The Balaban J connectivity index is 1.97. The van der Waals surface area contributed by atoms with Crippen LogP contribution in [0.1, 0.15) is 10.4 Å². The SMILES string of the molecule is O=C1N=c2ccc(Br)cc2=C1c1sc(=O)n(-c2ccc(Cl)c(C(F)(F)F)c2)c1O. The molecule has 0 atom stereocenters. The number of carbonyl (C=O) groups is 1. The lowest BCUT2D eigenvalue weighted by molar-refractivity contribution is -0.137. The van der Waals surface area contributed by atoms with Crippen LogP contribution in [0.3, 0.4) is 0 Å². The average Bonchev–Trinajstić information content (AvgIpc) is 3.09. The van der Waals surface area contributed by atoms with Gasteiger partial charge in [-0.2, -0.15) is 13.2 Å². The van der Waals surface area contributed by atoms with Crippen LogP contribution in [-0.4, -0.2) is 15.6 Å². The number of amides is 1. The average molecular weight is 504 g/mol. The van der Waals surface area contributed by atoms with Crippen molar-refractivity contribution in [2.75, 3.05) is 0 Å². The Morgan fingerprint density at radius 1 is 1.14 bits per heavy atom. The van der Waals surface area contributed by atoms with Crippen molar-refractivity contribution in [1.29, 1.82) is 0 Å². The van der Waals surface area contributed by atoms with E-state index in [0.717, 1.165) is 6.07 Å². The molecule has 1 aromatic heterocycles. The van der Waals surface area contributed by atoms with Gasteiger partial charge in [0.1, 0.15) is 4.88 Å². The molecule has 29 heavy (non-hydrogen) atoms. The van der Waals surface area contributed by atoms with Crippen molar-refractivity contribution in [2.45, 2.75) is 6.18 Å². The Kier molecular flexibility index (Phi) is 4.67. The molecule has 3 aromatic rings. The summed E-state index contributed by atoms with van der Waals surface area (Å²) in [4.78, 5) is 27.9. The monoisotopic (exact) mass is 502 g/mol. The molecule has 0 spiro atoms. The summed E-state index contributed by atoms with van der Waals surface area (Å²) >= 11 is 9.43. The van der Waals surface area contributed by atoms with E-state index in [-0.39, 0.29) is 16.1 Å². The van der Waals surface area contributed by atoms with Crippen LogP contribution in [0.15, 0.2) is 50.7 Å². The molecule has 0 fully saturated rings. The summed E-state index contributed by atoms with van der Waals surface area (Å²) in [6, 6.07) is 7.70. The van der Waals surface area contributed by atoms with Crippen molar-refractivity contribution in [1.82, 2.24) is 4.57 Å². The number of carbonyl (C=O) groups excluding carboxylic acids is 1. The molecule has 1 aliphatic heterocycles. The van der Waals surface area contributed by atoms with Gasteiger partial charge in [0.05, 0.1) is 27.2 Å². The van der Waals surface area contributed by atoms with Crippen LogP contribution in [-0.2, 0) is 11.0 Å². The maximum absolute atomic E-state index is 13.2. The number of fused-ring (bicyclic) bond motifs is 1. The Morgan fingerprint density at radius 2 is 1.86 bits per heavy atom. The van der Waals surface area contributed by atoms with Crippen molar-refractivity contribution in [3.63, 3.8) is 0 Å². The van der Waals surface area contributed by atoms with E-state index in [1.54, 1.807) is 18.2 Å². The molecule has 1 amide bonds. The van der Waals surface area contributed by atoms with Crippen LogP contribution >= 0.6 is 38.9 Å². The maximum atomic E-state index is 13.2. The summed E-state index contributed by atoms with van der Waals surface area (Å²) in [5.41, 5.74) is -1.38. The fourth-order valence-corrected chi connectivity index (χ4v) is 4.46. The minimum atomic E-state index is -4.74. The van der Waals surface area contributed by atoms with Gasteiger partial charge in [-0.1, -0.05) is 38.9 Å². The first-order valence-corrected chi connectivity index (χ1v) is 9.82. The summed E-state index contributed by atoms with van der Waals surface area (Å²) in [5, 5.41) is 10.9. The van der Waals surface area contributed by atoms with Crippen LogP contribution in [0.2, 0.25) is 5.02 Å². The third-order valence-electron chi connectivity index (χ3n) is 4.19. The molecule has 4 rings (SSSR count). The number of aromatic nitrogens is 1. The van der Waals surface area contributed by atoms with Gasteiger partial charge in [0.25, 0.3) is 5.91 Å². The second-order valence-corrected chi connectivity index (χ2v) is 8.26. The van der Waals surface area contributed by atoms with Gasteiger partial charge < -0.3 is 5.11 Å². The molecule has 1 aliphatic rings. The number of benzene rings is 2. The highest BCUT2D eigenvalue weighted by molar-refractivity contribution is 9.10. The van der Waals surface area contributed by atoms with Crippen LogP contribution in [0.5, 0.6) is 5.88 Å². The normalized spacial score (nSPS) is 13.6. The Bertz CT molecular complexity index is 1380. The summed E-state index contributed by atoms with van der Waals surface area (Å²) in [6.45, 7) is 0. The number of rotatable bonds is 2. The third-order valence-corrected chi connectivity index (χ3v) is 5.96. The molecule has 0 saturated carbocycles. The fraction of sp³-hybridized carbons (Fsp3) is 0.0556. The number of hydrogen-bond donors (Lipinski definition) is 1. The zero-order valence-electron chi connectivity index (χ0n) is 13.9. The Hall–Kier alpha value is -2.43. The first-order valence-electron chi connectivity index (χ1n) is 7.83. The van der Waals surface area contributed by atoms with Crippen molar-refractivity contribution in [3.05, 3.63) is 76.6 Å². The van der Waals surface area contributed by atoms with Crippen molar-refractivity contribution < 1.29 is 23.1 Å². The second-order valence-electron chi connectivity index (χ2n) is 5.97. The van der Waals surface area contributed by atoms with E-state index in [1.165, 1.54) is 6.07 Å². The fourth-order valence-electron chi connectivity index (χ4n) is 2.93. The van der Waals surface area contributed by atoms with Gasteiger partial charge in [-0.25, -0.2) is 9.56 Å². The number of alkyl halides is 3. The van der Waals surface area contributed by atoms with Gasteiger partial charge in [-0.05, 0) is 36.4 Å². The Morgan fingerprint density at radius 3 is 2.55 bits per heavy atom. The van der Waals surface area contributed by atoms with Gasteiger partial charge in [0, 0.05) is 9.69 Å². The van der Waals surface area contributed by atoms with Crippen molar-refractivity contribution >= 4 is 50.3 Å². The molecule has 5 nitrogen and oxygen atoms in total. The molecular formula is C18H7BrClF3N2O3S. The van der Waals surface area contributed by atoms with Crippen molar-refractivity contribution in [2.24, 2.45) is 4.99 Å². The lowest BCUT2D eigenvalue weighted by Gasteiger charge is -2.11. The van der Waals surface area contributed by atoms with E-state index in [2.05, 4.69) is 20.9 Å². The molecule has 0 radical (unpaired) electrons. The van der Waals surface area contributed by atoms with Gasteiger partial charge in [-0.15, -0.1) is 0 Å². The summed E-state index contributed by atoms with van der Waals surface area (Å²) in [5.74, 6) is -1.31. The highest BCUT2D eigenvalue weighted by Crippen LogP contribution is 2.37. The smallest absolute Gasteiger partial charge is 0.417 e. The number of hydrogen-bond acceptors (Lipinski definition) is 4. The lowest BCUT2D eigenvalue weighted by atomic mass is 10.1. The minimum Gasteiger partial charge on any atom is -0.493 e. The Labute approximate surface area is 177 Å². The molecule has 11 heteroatoms. The van der Waals surface area contributed by atoms with Gasteiger partial charge in [0.2, 0.25) is 5.88 Å². The van der Waals surface area contributed by atoms with Gasteiger partial charge in [-0.3, -0.25) is 9.59 Å². The molecule has 0 unspecified atom stereocenters. The summed E-state index contributed by atoms with van der Waals surface area (Å²) in [6.07, 6.45) is -4.74. The van der Waals surface area contributed by atoms with Crippen molar-refractivity contribution in [3.8, 4) is 11.6 Å². The maximum Gasteiger partial charge on any atom is 0.417 e. The standard InChI is InChI=1S/C18H7BrClF3N2O3S/c19-7-1-4-12-9(5-7)13(15(26)24-12)14-16(27)25(17(28)29-14)8-2-3-11(20)10(6-8)18(21,22)23/h1-6,27H. The van der Waals surface area contributed by atoms with E-state index in [4.69, 9.17) is 11.6 Å². The molecule has 148 valence electrons. The summed E-state index contributed by atoms with van der Waals surface area (Å²) < 4.78 is 40.8. The zero-order valence-corrected chi connectivity index (χ0v) is 17.1. The number of halogens is 5. The second kappa shape index (κ2) is 6.82. The highest BCUT2D eigenvalue weighted by Gasteiger charge is 2.34. The van der Waals surface area contributed by atoms with Gasteiger partial charge >= 0.3 is 11.0 Å². The lowest BCUT2D eigenvalue weighted by Crippen LogP contribution is -2.22. The molecule has 2 aromatic carbocycles. The van der Waals surface area contributed by atoms with E-state index in [0.29, 0.717) is 37.0 Å². The molecule has 2 heterocycles. The first-order chi connectivity index (χ1) is 13.6. The zero-order chi connectivity index (χ0) is 21.1. The molecule has 0 bridgehead atoms. The first kappa shape index (κ1) is 19.9. The van der Waals surface area contributed by atoms with Crippen LogP contribution in [0.4, 0.5) is 13.2 Å². The van der Waals surface area contributed by atoms with E-state index >= 15 is 0 Å². The number of thiazole rings is 1. The molecule has 0 saturated heterocycles. The van der Waals surface area contributed by atoms with Gasteiger partial charge in [0.15, 0.2) is 0 Å². The minimum absolute atomic E-state index is 0.00431. The van der Waals surface area contributed by atoms with Crippen LogP contribution < -0.4 is 15.4 Å². The van der Waals surface area contributed by atoms with Crippen LogP contribution in [0.25, 0.3) is 11.3 Å². The largest absolute Gasteiger partial charge is 0.493 e. The van der Waals surface area contributed by atoms with Crippen LogP contribution in [0, 0.1) is 0 Å². The quantitative estimate of drug-likeness (QED) is 0.583. The number of aromatic hydroxyl groups is 1. The van der Waals surface area contributed by atoms with E-state index < -0.39 is 33.4 Å². The molecular weight excluding hydrogens is 497 g/mol. The molecule has 1 N–H and O–H groups in total. The predicted octanol–water partition coefficient (Wildman–Crippen LogP) is 3.40. The topological polar surface area (TPSA) is 71.7 Å². The number of nitrogens with zero attached hydrogens (tertiary/aromatic N) is 2. The summed E-state index contributed by atoms with van der Waals surface area (Å²) in [7, 11) is 0. The third kappa shape index (κ3) is 3.30.